The summed E-state index contributed by atoms with van der Waals surface area (Å²) in [6.07, 6.45) is 0. The third kappa shape index (κ3) is 3.88. The van der Waals surface area contributed by atoms with Crippen LogP contribution in [0.2, 0.25) is 0 Å². The molecule has 0 aliphatic rings. The number of nitrogens with one attached hydrogen (secondary N) is 1. The van der Waals surface area contributed by atoms with Crippen LogP contribution in [0.1, 0.15) is 43.9 Å². The SMILES string of the molecule is Cc1cccc(Cn2c(C)c(C)c3cc(C(=O)NCc4ccccc4C)ccc32)c1. The predicted octanol–water partition coefficient (Wildman–Crippen LogP) is 5.85. The van der Waals surface area contributed by atoms with Gasteiger partial charge in [0.15, 0.2) is 0 Å². The Kier molecular flexibility index (Phi) is 5.45. The molecule has 0 fully saturated rings. The topological polar surface area (TPSA) is 34.0 Å². The number of hydrogen-bond donors (Lipinski definition) is 1. The fourth-order valence-corrected chi connectivity index (χ4v) is 4.07. The normalized spacial score (nSPS) is 11.1. The first-order valence-electron chi connectivity index (χ1n) is 10.4. The fourth-order valence-electron chi connectivity index (χ4n) is 4.07. The minimum absolute atomic E-state index is 0.0383. The van der Waals surface area contributed by atoms with E-state index in [-0.39, 0.29) is 5.91 Å². The van der Waals surface area contributed by atoms with Crippen molar-refractivity contribution in [3.8, 4) is 0 Å². The average Bonchev–Trinajstić information content (AvgIpc) is 2.97. The first-order valence-corrected chi connectivity index (χ1v) is 10.4. The summed E-state index contributed by atoms with van der Waals surface area (Å²) < 4.78 is 2.34. The number of aryl methyl sites for hydroxylation is 3. The van der Waals surface area contributed by atoms with E-state index in [1.807, 2.05) is 24.3 Å². The first kappa shape index (κ1) is 20.0. The van der Waals surface area contributed by atoms with Crippen molar-refractivity contribution in [1.29, 1.82) is 0 Å². The van der Waals surface area contributed by atoms with Gasteiger partial charge in [-0.3, -0.25) is 4.79 Å². The van der Waals surface area contributed by atoms with Crippen molar-refractivity contribution in [2.24, 2.45) is 0 Å². The van der Waals surface area contributed by atoms with E-state index in [2.05, 4.69) is 80.0 Å². The lowest BCUT2D eigenvalue weighted by atomic mass is 10.1. The number of amides is 1. The molecule has 30 heavy (non-hydrogen) atoms. The van der Waals surface area contributed by atoms with Gasteiger partial charge >= 0.3 is 0 Å². The van der Waals surface area contributed by atoms with Gasteiger partial charge < -0.3 is 9.88 Å². The summed E-state index contributed by atoms with van der Waals surface area (Å²) in [5, 5.41) is 4.20. The Hall–Kier alpha value is -3.33. The first-order chi connectivity index (χ1) is 14.4. The number of carbonyl (C=O) groups is 1. The lowest BCUT2D eigenvalue weighted by Gasteiger charge is -2.10. The number of aromatic nitrogens is 1. The van der Waals surface area contributed by atoms with Crippen LogP contribution in [-0.4, -0.2) is 10.5 Å². The summed E-state index contributed by atoms with van der Waals surface area (Å²) in [6, 6.07) is 22.8. The van der Waals surface area contributed by atoms with Crippen molar-refractivity contribution in [2.45, 2.75) is 40.8 Å². The maximum Gasteiger partial charge on any atom is 0.251 e. The Morgan fingerprint density at radius 2 is 1.70 bits per heavy atom. The van der Waals surface area contributed by atoms with Crippen LogP contribution in [0.3, 0.4) is 0 Å². The lowest BCUT2D eigenvalue weighted by Crippen LogP contribution is -2.23. The number of benzene rings is 3. The summed E-state index contributed by atoms with van der Waals surface area (Å²) >= 11 is 0. The fraction of sp³-hybridized carbons (Fsp3) is 0.222. The van der Waals surface area contributed by atoms with E-state index in [1.54, 1.807) is 0 Å². The molecule has 0 radical (unpaired) electrons. The molecule has 3 aromatic carbocycles. The molecule has 0 bridgehead atoms. The van der Waals surface area contributed by atoms with Crippen molar-refractivity contribution >= 4 is 16.8 Å². The van der Waals surface area contributed by atoms with Gasteiger partial charge in [0, 0.05) is 35.2 Å². The van der Waals surface area contributed by atoms with E-state index in [9.17, 15) is 4.79 Å². The Balaban J connectivity index is 1.60. The maximum atomic E-state index is 12.8. The Labute approximate surface area is 178 Å². The van der Waals surface area contributed by atoms with Gasteiger partial charge in [0.05, 0.1) is 0 Å². The molecule has 0 aliphatic heterocycles. The van der Waals surface area contributed by atoms with Crippen molar-refractivity contribution in [1.82, 2.24) is 9.88 Å². The maximum absolute atomic E-state index is 12.8. The van der Waals surface area contributed by atoms with Crippen LogP contribution in [0.5, 0.6) is 0 Å². The van der Waals surface area contributed by atoms with Crippen LogP contribution in [0, 0.1) is 27.7 Å². The number of carbonyl (C=O) groups excluding carboxylic acids is 1. The zero-order valence-corrected chi connectivity index (χ0v) is 18.1. The van der Waals surface area contributed by atoms with E-state index in [0.717, 1.165) is 17.5 Å². The summed E-state index contributed by atoms with van der Waals surface area (Å²) in [4.78, 5) is 12.8. The van der Waals surface area contributed by atoms with Gasteiger partial charge in [-0.25, -0.2) is 0 Å². The minimum Gasteiger partial charge on any atom is -0.348 e. The highest BCUT2D eigenvalue weighted by atomic mass is 16.1. The second kappa shape index (κ2) is 8.19. The van der Waals surface area contributed by atoms with E-state index in [0.29, 0.717) is 12.1 Å². The van der Waals surface area contributed by atoms with Crippen molar-refractivity contribution in [3.63, 3.8) is 0 Å². The van der Waals surface area contributed by atoms with Crippen molar-refractivity contribution < 1.29 is 4.79 Å². The summed E-state index contributed by atoms with van der Waals surface area (Å²) in [5.74, 6) is -0.0383. The Bertz CT molecular complexity index is 1230. The molecule has 1 heterocycles. The molecule has 0 aliphatic carbocycles. The quantitative estimate of drug-likeness (QED) is 0.451. The van der Waals surface area contributed by atoms with Gasteiger partial charge in [-0.15, -0.1) is 0 Å². The molecule has 3 heteroatoms. The second-order valence-electron chi connectivity index (χ2n) is 8.13. The van der Waals surface area contributed by atoms with Crippen LogP contribution in [-0.2, 0) is 13.1 Å². The molecule has 0 unspecified atom stereocenters. The highest BCUT2D eigenvalue weighted by Gasteiger charge is 2.14. The molecule has 4 aromatic rings. The monoisotopic (exact) mass is 396 g/mol. The average molecular weight is 397 g/mol. The van der Waals surface area contributed by atoms with Crippen molar-refractivity contribution in [2.75, 3.05) is 0 Å². The Morgan fingerprint density at radius 1 is 0.900 bits per heavy atom. The van der Waals surface area contributed by atoms with E-state index < -0.39 is 0 Å². The van der Waals surface area contributed by atoms with E-state index >= 15 is 0 Å². The molecular weight excluding hydrogens is 368 g/mol. The molecule has 0 saturated carbocycles. The van der Waals surface area contributed by atoms with E-state index in [1.165, 1.54) is 33.5 Å². The van der Waals surface area contributed by atoms with Gasteiger partial charge in [-0.1, -0.05) is 54.1 Å². The second-order valence-corrected chi connectivity index (χ2v) is 8.13. The number of fused-ring (bicyclic) bond motifs is 1. The zero-order chi connectivity index (χ0) is 21.3. The third-order valence-corrected chi connectivity index (χ3v) is 6.02. The van der Waals surface area contributed by atoms with Crippen LogP contribution < -0.4 is 5.32 Å². The summed E-state index contributed by atoms with van der Waals surface area (Å²) in [5.41, 5.74) is 9.22. The number of hydrogen-bond acceptors (Lipinski definition) is 1. The van der Waals surface area contributed by atoms with Gasteiger partial charge in [0.25, 0.3) is 5.91 Å². The van der Waals surface area contributed by atoms with Gasteiger partial charge in [0.1, 0.15) is 0 Å². The molecule has 152 valence electrons. The summed E-state index contributed by atoms with van der Waals surface area (Å²) in [7, 11) is 0. The molecule has 1 aromatic heterocycles. The van der Waals surface area contributed by atoms with Crippen LogP contribution in [0.25, 0.3) is 10.9 Å². The van der Waals surface area contributed by atoms with Gasteiger partial charge in [-0.05, 0) is 68.1 Å². The molecule has 0 spiro atoms. The van der Waals surface area contributed by atoms with E-state index in [4.69, 9.17) is 0 Å². The molecule has 1 N–H and O–H groups in total. The predicted molar refractivity (Wildman–Crippen MR) is 124 cm³/mol. The summed E-state index contributed by atoms with van der Waals surface area (Å²) in [6.45, 7) is 9.85. The molecule has 0 saturated heterocycles. The smallest absolute Gasteiger partial charge is 0.251 e. The standard InChI is InChI=1S/C27H28N2O/c1-18-8-7-10-22(14-18)17-29-21(4)20(3)25-15-23(12-13-26(25)29)27(30)28-16-24-11-6-5-9-19(24)2/h5-15H,16-17H2,1-4H3,(H,28,30). The number of nitrogens with zero attached hydrogens (tertiary/aromatic N) is 1. The van der Waals surface area contributed by atoms with Gasteiger partial charge in [0.2, 0.25) is 0 Å². The minimum atomic E-state index is -0.0383. The molecule has 3 nitrogen and oxygen atoms in total. The highest BCUT2D eigenvalue weighted by molar-refractivity contribution is 5.99. The third-order valence-electron chi connectivity index (χ3n) is 6.02. The molecule has 4 rings (SSSR count). The van der Waals surface area contributed by atoms with Crippen LogP contribution >= 0.6 is 0 Å². The van der Waals surface area contributed by atoms with Gasteiger partial charge in [-0.2, -0.15) is 0 Å². The molecular formula is C27H28N2O. The lowest BCUT2D eigenvalue weighted by molar-refractivity contribution is 0.0951. The van der Waals surface area contributed by atoms with Crippen molar-refractivity contribution in [3.05, 3.63) is 106 Å². The zero-order valence-electron chi connectivity index (χ0n) is 18.1. The highest BCUT2D eigenvalue weighted by Crippen LogP contribution is 2.27. The largest absolute Gasteiger partial charge is 0.348 e. The van der Waals surface area contributed by atoms with Crippen LogP contribution in [0.4, 0.5) is 0 Å². The molecule has 1 amide bonds. The molecule has 0 atom stereocenters. The Morgan fingerprint density at radius 3 is 2.47 bits per heavy atom. The number of rotatable bonds is 5. The van der Waals surface area contributed by atoms with Crippen LogP contribution in [0.15, 0.2) is 66.7 Å².